The van der Waals surface area contributed by atoms with E-state index in [1.54, 1.807) is 18.2 Å². The fraction of sp³-hybridized carbons (Fsp3) is 0.100. The first-order valence-corrected chi connectivity index (χ1v) is 7.02. The van der Waals surface area contributed by atoms with Gasteiger partial charge in [0.1, 0.15) is 0 Å². The van der Waals surface area contributed by atoms with Crippen molar-refractivity contribution >= 4 is 38.8 Å². The molecule has 1 amide bonds. The summed E-state index contributed by atoms with van der Waals surface area (Å²) in [6.45, 7) is 0.218. The Morgan fingerprint density at radius 1 is 1.31 bits per heavy atom. The molecule has 1 aromatic rings. The lowest BCUT2D eigenvalue weighted by Crippen LogP contribution is -2.12. The van der Waals surface area contributed by atoms with Gasteiger partial charge in [0.15, 0.2) is 0 Å². The number of hydrogen-bond acceptors (Lipinski definition) is 3. The summed E-state index contributed by atoms with van der Waals surface area (Å²) in [6, 6.07) is 8.14. The van der Waals surface area contributed by atoms with Gasteiger partial charge in [-0.3, -0.25) is 4.79 Å². The van der Waals surface area contributed by atoms with E-state index in [0.717, 1.165) is 5.41 Å². The molecule has 0 aliphatic carbocycles. The number of amides is 1. The minimum absolute atomic E-state index is 0.218. The van der Waals surface area contributed by atoms with Crippen LogP contribution in [0.25, 0.3) is 0 Å². The predicted molar refractivity (Wildman–Crippen MR) is 69.8 cm³/mol. The first kappa shape index (κ1) is 13.2. The number of nitrogens with one attached hydrogen (secondary N) is 1. The van der Waals surface area contributed by atoms with Crippen LogP contribution in [0.15, 0.2) is 44.2 Å². The summed E-state index contributed by atoms with van der Waals surface area (Å²) in [5, 5.41) is 3.55. The van der Waals surface area contributed by atoms with Gasteiger partial charge >= 0.3 is 0 Å². The zero-order chi connectivity index (χ0) is 12.0. The molecule has 0 heterocycles. The third-order valence-electron chi connectivity index (χ3n) is 1.71. The molecule has 16 heavy (non-hydrogen) atoms. The average Bonchev–Trinajstić information content (AvgIpc) is 2.27. The van der Waals surface area contributed by atoms with E-state index in [9.17, 15) is 13.2 Å². The Labute approximate surface area is 108 Å². The molecule has 0 aromatic heterocycles. The molecule has 0 spiro atoms. The van der Waals surface area contributed by atoms with Crippen LogP contribution >= 0.6 is 22.6 Å². The van der Waals surface area contributed by atoms with Crippen LogP contribution in [0.3, 0.4) is 0 Å². The van der Waals surface area contributed by atoms with Gasteiger partial charge in [0.2, 0.25) is 16.2 Å². The van der Waals surface area contributed by atoms with E-state index in [4.69, 9.17) is 0 Å². The van der Waals surface area contributed by atoms with Crippen LogP contribution in [-0.2, 0) is 14.6 Å². The van der Waals surface area contributed by atoms with Crippen LogP contribution in [0.2, 0.25) is 0 Å². The Bertz CT molecular complexity index is 482. The van der Waals surface area contributed by atoms with Gasteiger partial charge in [-0.05, 0) is 34.7 Å². The lowest BCUT2D eigenvalue weighted by molar-refractivity contribution is -0.109. The highest BCUT2D eigenvalue weighted by molar-refractivity contribution is 14.1. The van der Waals surface area contributed by atoms with Gasteiger partial charge < -0.3 is 5.32 Å². The Balaban J connectivity index is 2.92. The Morgan fingerprint density at radius 2 is 1.94 bits per heavy atom. The molecular formula is C10H10INO3S. The summed E-state index contributed by atoms with van der Waals surface area (Å²) >= 11 is 1.88. The Morgan fingerprint density at radius 3 is 2.50 bits per heavy atom. The quantitative estimate of drug-likeness (QED) is 0.646. The van der Waals surface area contributed by atoms with Crippen LogP contribution < -0.4 is 5.32 Å². The molecule has 0 aliphatic rings. The average molecular weight is 351 g/mol. The van der Waals surface area contributed by atoms with Gasteiger partial charge in [-0.1, -0.05) is 18.2 Å². The molecule has 6 heteroatoms. The smallest absolute Gasteiger partial charge is 0.207 e. The van der Waals surface area contributed by atoms with E-state index in [1.165, 1.54) is 12.1 Å². The highest BCUT2D eigenvalue weighted by Crippen LogP contribution is 2.15. The minimum Gasteiger partial charge on any atom is -0.354 e. The summed E-state index contributed by atoms with van der Waals surface area (Å²) in [6.07, 6.45) is 0.529. The molecule has 0 saturated heterocycles. The molecule has 0 unspecified atom stereocenters. The largest absolute Gasteiger partial charge is 0.354 e. The third kappa shape index (κ3) is 3.93. The first-order valence-electron chi connectivity index (χ1n) is 4.39. The molecule has 0 radical (unpaired) electrons. The SMILES string of the molecule is O=CNC/C(I)=C\S(=O)(=O)c1ccccc1. The van der Waals surface area contributed by atoms with Crippen molar-refractivity contribution in [2.75, 3.05) is 6.54 Å². The third-order valence-corrected chi connectivity index (χ3v) is 4.35. The van der Waals surface area contributed by atoms with E-state index in [0.29, 0.717) is 9.99 Å². The second kappa shape index (κ2) is 6.00. The molecule has 4 nitrogen and oxygen atoms in total. The first-order chi connectivity index (χ1) is 7.56. The normalized spacial score (nSPS) is 12.2. The maximum atomic E-state index is 11.8. The van der Waals surface area contributed by atoms with E-state index in [2.05, 4.69) is 5.32 Å². The standard InChI is InChI=1S/C10H10INO3S/c11-9(6-12-8-13)7-16(14,15)10-4-2-1-3-5-10/h1-5,7-8H,6H2,(H,12,13)/b9-7+. The fourth-order valence-corrected chi connectivity index (χ4v) is 3.34. The molecule has 0 atom stereocenters. The Hall–Kier alpha value is -0.890. The minimum atomic E-state index is -3.42. The van der Waals surface area contributed by atoms with Crippen LogP contribution in [0.4, 0.5) is 0 Å². The molecule has 0 fully saturated rings. The molecular weight excluding hydrogens is 341 g/mol. The maximum Gasteiger partial charge on any atom is 0.207 e. The lowest BCUT2D eigenvalue weighted by atomic mass is 10.4. The van der Waals surface area contributed by atoms with Crippen LogP contribution in [0.1, 0.15) is 0 Å². The van der Waals surface area contributed by atoms with E-state index in [-0.39, 0.29) is 11.4 Å². The van der Waals surface area contributed by atoms with Gasteiger partial charge in [-0.15, -0.1) is 0 Å². The summed E-state index contributed by atoms with van der Waals surface area (Å²) in [7, 11) is -3.42. The van der Waals surface area contributed by atoms with Crippen LogP contribution in [0, 0.1) is 0 Å². The molecule has 1 aromatic carbocycles. The fourth-order valence-electron chi connectivity index (χ4n) is 1.03. The number of rotatable bonds is 5. The molecule has 0 bridgehead atoms. The van der Waals surface area contributed by atoms with Crippen molar-refractivity contribution in [3.8, 4) is 0 Å². The van der Waals surface area contributed by atoms with Gasteiger partial charge in [-0.2, -0.15) is 0 Å². The number of halogens is 1. The second-order valence-corrected chi connectivity index (χ2v) is 6.10. The van der Waals surface area contributed by atoms with Crippen LogP contribution in [-0.4, -0.2) is 21.4 Å². The number of carbonyl (C=O) groups is 1. The van der Waals surface area contributed by atoms with Gasteiger partial charge in [0, 0.05) is 15.5 Å². The van der Waals surface area contributed by atoms with Crippen molar-refractivity contribution in [3.05, 3.63) is 39.3 Å². The predicted octanol–water partition coefficient (Wildman–Crippen LogP) is 1.48. The number of carbonyl (C=O) groups excluding carboxylic acids is 1. The van der Waals surface area contributed by atoms with Crippen molar-refractivity contribution in [3.63, 3.8) is 0 Å². The summed E-state index contributed by atoms with van der Waals surface area (Å²) in [4.78, 5) is 10.3. The molecule has 1 N–H and O–H groups in total. The zero-order valence-electron chi connectivity index (χ0n) is 8.26. The number of sulfone groups is 1. The Kier molecular flexibility index (Phi) is 4.94. The number of benzene rings is 1. The lowest BCUT2D eigenvalue weighted by Gasteiger charge is -2.00. The highest BCUT2D eigenvalue weighted by Gasteiger charge is 2.10. The van der Waals surface area contributed by atoms with E-state index in [1.807, 2.05) is 22.6 Å². The zero-order valence-corrected chi connectivity index (χ0v) is 11.2. The molecule has 1 rings (SSSR count). The number of hydrogen-bond donors (Lipinski definition) is 1. The van der Waals surface area contributed by atoms with Gasteiger partial charge in [0.25, 0.3) is 0 Å². The summed E-state index contributed by atoms with van der Waals surface area (Å²) in [5.41, 5.74) is 0. The van der Waals surface area contributed by atoms with Crippen molar-refractivity contribution in [2.24, 2.45) is 0 Å². The summed E-state index contributed by atoms with van der Waals surface area (Å²) in [5.74, 6) is 0. The molecule has 86 valence electrons. The van der Waals surface area contributed by atoms with Crippen molar-refractivity contribution in [2.45, 2.75) is 4.90 Å². The second-order valence-electron chi connectivity index (χ2n) is 2.92. The van der Waals surface area contributed by atoms with E-state index >= 15 is 0 Å². The topological polar surface area (TPSA) is 63.2 Å². The van der Waals surface area contributed by atoms with Crippen molar-refractivity contribution in [1.29, 1.82) is 0 Å². The maximum absolute atomic E-state index is 11.8. The van der Waals surface area contributed by atoms with Gasteiger partial charge in [-0.25, -0.2) is 8.42 Å². The van der Waals surface area contributed by atoms with Crippen LogP contribution in [0.5, 0.6) is 0 Å². The monoisotopic (exact) mass is 351 g/mol. The summed E-state index contributed by atoms with van der Waals surface area (Å²) < 4.78 is 24.2. The van der Waals surface area contributed by atoms with Crippen molar-refractivity contribution < 1.29 is 13.2 Å². The van der Waals surface area contributed by atoms with Crippen molar-refractivity contribution in [1.82, 2.24) is 5.32 Å². The molecule has 0 saturated carbocycles. The van der Waals surface area contributed by atoms with Gasteiger partial charge in [0.05, 0.1) is 4.90 Å². The highest BCUT2D eigenvalue weighted by atomic mass is 127. The van der Waals surface area contributed by atoms with E-state index < -0.39 is 9.84 Å². The molecule has 0 aliphatic heterocycles.